The number of ether oxygens (including phenoxy) is 1. The van der Waals surface area contributed by atoms with Gasteiger partial charge in [0.25, 0.3) is 0 Å². The monoisotopic (exact) mass is 590 g/mol. The molecule has 0 saturated heterocycles. The second kappa shape index (κ2) is 12.4. The molecule has 2 aliphatic heterocycles. The molecule has 3 heterocycles. The second-order valence-electron chi connectivity index (χ2n) is 8.55. The summed E-state index contributed by atoms with van der Waals surface area (Å²) in [6, 6.07) is 10.2. The van der Waals surface area contributed by atoms with Crippen molar-refractivity contribution in [2.24, 2.45) is 5.73 Å². The van der Waals surface area contributed by atoms with E-state index < -0.39 is 6.10 Å². The van der Waals surface area contributed by atoms with Crippen molar-refractivity contribution in [1.29, 1.82) is 0 Å². The van der Waals surface area contributed by atoms with Gasteiger partial charge in [0.05, 0.1) is 0 Å². The molecule has 2 aromatic rings. The first kappa shape index (κ1) is 25.5. The fourth-order valence-electron chi connectivity index (χ4n) is 4.31. The van der Waals surface area contributed by atoms with Gasteiger partial charge in [-0.15, -0.1) is 0 Å². The van der Waals surface area contributed by atoms with Gasteiger partial charge in [-0.1, -0.05) is 24.3 Å². The number of fused-ring (bicyclic) bond motifs is 2. The molecule has 0 bridgehead atoms. The van der Waals surface area contributed by atoms with Crippen LogP contribution in [0.1, 0.15) is 28.4 Å². The van der Waals surface area contributed by atoms with Gasteiger partial charge in [0, 0.05) is 13.1 Å². The molecule has 0 radical (unpaired) electrons. The molecule has 4 N–H and O–H groups in total. The molecule has 0 aliphatic carbocycles. The number of aliphatic hydroxyl groups is 1. The zero-order valence-electron chi connectivity index (χ0n) is 20.0. The van der Waals surface area contributed by atoms with E-state index in [1.807, 2.05) is 6.08 Å². The number of carbonyl (C=O) groups is 1. The number of nitrogens with two attached hydrogens (primary N) is 1. The number of allylic oxidation sites excluding steroid dienone is 1. The average Bonchev–Trinajstić information content (AvgIpc) is 3.02. The summed E-state index contributed by atoms with van der Waals surface area (Å²) < 4.78 is 9.05. The van der Waals surface area contributed by atoms with Gasteiger partial charge in [-0.25, -0.2) is 0 Å². The number of benzene rings is 1. The number of amides is 1. The molecule has 4 rings (SSSR count). The van der Waals surface area contributed by atoms with E-state index in [4.69, 9.17) is 10.5 Å². The number of nitrogens with zero attached hydrogens (tertiary/aromatic N) is 3. The Bertz CT molecular complexity index is 1090. The maximum absolute atomic E-state index is 13.4. The Kier molecular flexibility index (Phi) is 9.00. The van der Waals surface area contributed by atoms with E-state index in [9.17, 15) is 9.90 Å². The number of alkyl halides is 1. The zero-order valence-corrected chi connectivity index (χ0v) is 22.1. The van der Waals surface area contributed by atoms with Crippen LogP contribution in [0.3, 0.4) is 0 Å². The van der Waals surface area contributed by atoms with E-state index in [-0.39, 0.29) is 33.7 Å². The molecular weight excluding hydrogens is 557 g/mol. The van der Waals surface area contributed by atoms with Crippen LogP contribution < -0.4 is 37.0 Å². The topological polar surface area (TPSA) is 104 Å². The Morgan fingerprint density at radius 3 is 2.94 bits per heavy atom. The molecule has 9 heteroatoms. The van der Waals surface area contributed by atoms with Crippen LogP contribution in [-0.2, 0) is 13.0 Å². The molecule has 1 aromatic heterocycles. The minimum atomic E-state index is -0.654. The van der Waals surface area contributed by atoms with Crippen LogP contribution in [0.15, 0.2) is 58.6 Å². The molecule has 1 atom stereocenters. The van der Waals surface area contributed by atoms with Crippen LogP contribution >= 0.6 is 0 Å². The van der Waals surface area contributed by atoms with Gasteiger partial charge in [-0.2, -0.15) is 0 Å². The van der Waals surface area contributed by atoms with Crippen molar-refractivity contribution in [3.8, 4) is 5.88 Å². The molecule has 0 saturated carbocycles. The van der Waals surface area contributed by atoms with Gasteiger partial charge in [0.1, 0.15) is 0 Å². The Labute approximate surface area is 217 Å². The molecule has 188 valence electrons. The van der Waals surface area contributed by atoms with Crippen molar-refractivity contribution in [3.63, 3.8) is 0 Å². The zero-order chi connectivity index (χ0) is 24.6. The van der Waals surface area contributed by atoms with Crippen molar-refractivity contribution in [2.75, 3.05) is 42.5 Å². The van der Waals surface area contributed by atoms with Gasteiger partial charge >= 0.3 is 158 Å². The molecular formula is C26H33IN5O3-. The van der Waals surface area contributed by atoms with Crippen LogP contribution in [0.2, 0.25) is 0 Å². The molecule has 1 aromatic carbocycles. The number of aliphatic hydroxyl groups excluding tert-OH is 1. The van der Waals surface area contributed by atoms with Gasteiger partial charge in [-0.3, -0.25) is 4.90 Å². The first-order valence-electron chi connectivity index (χ1n) is 11.9. The van der Waals surface area contributed by atoms with Crippen LogP contribution in [0.5, 0.6) is 5.88 Å². The number of carbonyl (C=O) groups excluding carboxylic acids is 1. The van der Waals surface area contributed by atoms with Gasteiger partial charge in [0.15, 0.2) is 0 Å². The number of pyridine rings is 1. The Morgan fingerprint density at radius 1 is 1.31 bits per heavy atom. The SMILES string of the molecule is CC[I-]/C=C\C(=C/N)Nc1cnc2c(c1)C(=O)N(CC(O)CN1CCc3ccccc3C1)CCO2. The summed E-state index contributed by atoms with van der Waals surface area (Å²) in [5, 5.41) is 14.1. The summed E-state index contributed by atoms with van der Waals surface area (Å²) >= 11 is 0.0169. The van der Waals surface area contributed by atoms with Crippen molar-refractivity contribution in [3.05, 3.63) is 75.3 Å². The summed E-state index contributed by atoms with van der Waals surface area (Å²) in [7, 11) is 0. The third-order valence-corrected chi connectivity index (χ3v) is 7.78. The molecule has 0 spiro atoms. The van der Waals surface area contributed by atoms with E-state index >= 15 is 0 Å². The predicted octanol–water partition coefficient (Wildman–Crippen LogP) is -0.830. The van der Waals surface area contributed by atoms with Crippen LogP contribution in [0, 0.1) is 0 Å². The van der Waals surface area contributed by atoms with Gasteiger partial charge in [0.2, 0.25) is 0 Å². The summed E-state index contributed by atoms with van der Waals surface area (Å²) in [5.41, 5.74) is 10.2. The maximum atomic E-state index is 13.4. The molecule has 1 amide bonds. The van der Waals surface area contributed by atoms with E-state index in [1.54, 1.807) is 17.2 Å². The Balaban J connectivity index is 1.40. The number of aromatic nitrogens is 1. The van der Waals surface area contributed by atoms with E-state index in [0.29, 0.717) is 36.8 Å². The Morgan fingerprint density at radius 2 is 2.14 bits per heavy atom. The molecule has 0 fully saturated rings. The summed E-state index contributed by atoms with van der Waals surface area (Å²) in [6.45, 7) is 5.37. The number of halogens is 1. The standard InChI is InChI=1S/C26H33IN5O3/c1-2-27-9-7-21(14-28)30-22-13-24-25(29-15-22)35-12-11-32(26(24)34)18-23(33)17-31-10-8-19-5-3-4-6-20(19)16-31/h3-7,9,13-15,23,30,33H,2,8,10-12,16-18,28H2,1H3/q-1/b9-7-,21-14+. The number of nitrogens with one attached hydrogen (secondary N) is 1. The number of anilines is 1. The van der Waals surface area contributed by atoms with E-state index in [1.165, 1.54) is 17.3 Å². The number of hydrogen-bond acceptors (Lipinski definition) is 7. The van der Waals surface area contributed by atoms with Crippen molar-refractivity contribution >= 4 is 11.6 Å². The van der Waals surface area contributed by atoms with Crippen molar-refractivity contribution in [1.82, 2.24) is 14.8 Å². The van der Waals surface area contributed by atoms with Crippen LogP contribution in [-0.4, -0.2) is 69.1 Å². The Hall–Kier alpha value is -2.63. The van der Waals surface area contributed by atoms with E-state index in [2.05, 4.69) is 50.5 Å². The van der Waals surface area contributed by atoms with Crippen LogP contribution in [0.25, 0.3) is 0 Å². The summed E-state index contributed by atoms with van der Waals surface area (Å²) in [4.78, 5) is 21.6. The predicted molar refractivity (Wildman–Crippen MR) is 133 cm³/mol. The third kappa shape index (κ3) is 6.74. The molecule has 8 nitrogen and oxygen atoms in total. The van der Waals surface area contributed by atoms with Crippen LogP contribution in [0.4, 0.5) is 5.69 Å². The minimum absolute atomic E-state index is 0.0169. The molecule has 2 aliphatic rings. The number of hydrogen-bond donors (Lipinski definition) is 3. The normalized spacial score (nSPS) is 17.6. The number of rotatable bonds is 9. The average molecular weight is 590 g/mol. The molecule has 1 unspecified atom stereocenters. The van der Waals surface area contributed by atoms with Gasteiger partial charge in [-0.05, 0) is 17.5 Å². The first-order chi connectivity index (χ1) is 17.1. The fourth-order valence-corrected chi connectivity index (χ4v) is 5.46. The summed E-state index contributed by atoms with van der Waals surface area (Å²) in [5.74, 6) is 0.123. The first-order valence-corrected chi connectivity index (χ1v) is 14.7. The number of β-amino-alcohol motifs (C(OH)–C–C–N with tert-alkyl or cyclic N) is 1. The second-order valence-corrected chi connectivity index (χ2v) is 11.7. The molecule has 35 heavy (non-hydrogen) atoms. The third-order valence-electron chi connectivity index (χ3n) is 6.03. The van der Waals surface area contributed by atoms with Crippen molar-refractivity contribution in [2.45, 2.75) is 26.0 Å². The van der Waals surface area contributed by atoms with Crippen molar-refractivity contribution < 1.29 is 35.8 Å². The fraction of sp³-hybridized carbons (Fsp3) is 0.385. The quantitative estimate of drug-likeness (QED) is 0.199. The van der Waals surface area contributed by atoms with Gasteiger partial charge < -0.3 is 0 Å². The van der Waals surface area contributed by atoms with E-state index in [0.717, 1.165) is 29.6 Å². The summed E-state index contributed by atoms with van der Waals surface area (Å²) in [6.07, 6.45) is 5.42.